The normalized spacial score (nSPS) is 20.9. The number of hydrogen-bond donors (Lipinski definition) is 1. The van der Waals surface area contributed by atoms with Gasteiger partial charge in [-0.25, -0.2) is 4.79 Å². The van der Waals surface area contributed by atoms with Gasteiger partial charge in [-0.3, -0.25) is 14.4 Å². The van der Waals surface area contributed by atoms with Crippen LogP contribution in [0.4, 0.5) is 4.79 Å². The molecule has 4 amide bonds. The van der Waals surface area contributed by atoms with Gasteiger partial charge in [0.2, 0.25) is 5.91 Å². The van der Waals surface area contributed by atoms with Crippen LogP contribution in [-0.4, -0.2) is 103 Å². The Balaban J connectivity index is 1.51. The van der Waals surface area contributed by atoms with E-state index in [1.54, 1.807) is 44.7 Å². The molecule has 2 fully saturated rings. The van der Waals surface area contributed by atoms with E-state index in [2.05, 4.69) is 5.32 Å². The van der Waals surface area contributed by atoms with Crippen LogP contribution < -0.4 is 5.32 Å². The number of epoxide rings is 1. The number of carbonyl (C=O) groups excluding carboxylic acids is 4. The summed E-state index contributed by atoms with van der Waals surface area (Å²) in [6.45, 7) is 6.77. The maximum absolute atomic E-state index is 12.8. The first-order valence-electron chi connectivity index (χ1n) is 11.4. The van der Waals surface area contributed by atoms with Crippen LogP contribution in [0.25, 0.3) is 0 Å². The summed E-state index contributed by atoms with van der Waals surface area (Å²) >= 11 is 0. The van der Waals surface area contributed by atoms with Crippen molar-refractivity contribution in [3.63, 3.8) is 0 Å². The molecule has 2 aliphatic heterocycles. The monoisotopic (exact) mass is 474 g/mol. The Morgan fingerprint density at radius 1 is 1.03 bits per heavy atom. The van der Waals surface area contributed by atoms with E-state index in [0.29, 0.717) is 32.6 Å². The number of nitrogens with zero attached hydrogens (tertiary/aromatic N) is 3. The van der Waals surface area contributed by atoms with Crippen molar-refractivity contribution in [2.24, 2.45) is 0 Å². The third-order valence-corrected chi connectivity index (χ3v) is 5.57. The number of likely N-dealkylation sites (N-methyl/N-ethyl adjacent to an activating group) is 1. The smallest absolute Gasteiger partial charge is 0.410 e. The Bertz CT molecular complexity index is 906. The molecule has 2 unspecified atom stereocenters. The summed E-state index contributed by atoms with van der Waals surface area (Å²) in [5, 5.41) is 2.74. The van der Waals surface area contributed by atoms with Gasteiger partial charge in [-0.2, -0.15) is 0 Å². The highest BCUT2D eigenvalue weighted by Gasteiger charge is 2.52. The minimum absolute atomic E-state index is 0.237. The number of hydrogen-bond acceptors (Lipinski definition) is 6. The first-order chi connectivity index (χ1) is 16.0. The summed E-state index contributed by atoms with van der Waals surface area (Å²) in [5.74, 6) is -1.01. The van der Waals surface area contributed by atoms with Gasteiger partial charge in [-0.15, -0.1) is 0 Å². The molecule has 2 heterocycles. The predicted molar refractivity (Wildman–Crippen MR) is 124 cm³/mol. The zero-order chi connectivity index (χ0) is 25.0. The summed E-state index contributed by atoms with van der Waals surface area (Å²) in [4.78, 5) is 55.0. The van der Waals surface area contributed by atoms with Crippen molar-refractivity contribution in [3.05, 3.63) is 35.9 Å². The lowest BCUT2D eigenvalue weighted by atomic mass is 10.0. The molecule has 1 N–H and O–H groups in total. The summed E-state index contributed by atoms with van der Waals surface area (Å²) in [6.07, 6.45) is -1.87. The van der Waals surface area contributed by atoms with Gasteiger partial charge in [0.15, 0.2) is 12.2 Å². The third-order valence-electron chi connectivity index (χ3n) is 5.57. The molecule has 0 spiro atoms. The van der Waals surface area contributed by atoms with Gasteiger partial charge in [0.05, 0.1) is 0 Å². The Hall–Kier alpha value is -3.14. The summed E-state index contributed by atoms with van der Waals surface area (Å²) in [7, 11) is 3.26. The van der Waals surface area contributed by atoms with E-state index in [9.17, 15) is 19.2 Å². The van der Waals surface area contributed by atoms with Crippen LogP contribution in [0.5, 0.6) is 0 Å². The lowest BCUT2D eigenvalue weighted by molar-refractivity contribution is -0.135. The van der Waals surface area contributed by atoms with Crippen molar-refractivity contribution < 1.29 is 28.7 Å². The van der Waals surface area contributed by atoms with E-state index in [1.165, 1.54) is 4.90 Å². The van der Waals surface area contributed by atoms with E-state index >= 15 is 0 Å². The number of amides is 4. The molecule has 3 rings (SSSR count). The Morgan fingerprint density at radius 3 is 2.18 bits per heavy atom. The fraction of sp³-hybridized carbons (Fsp3) is 0.583. The average molecular weight is 475 g/mol. The van der Waals surface area contributed by atoms with E-state index in [0.717, 1.165) is 5.56 Å². The van der Waals surface area contributed by atoms with Gasteiger partial charge in [-0.1, -0.05) is 30.3 Å². The van der Waals surface area contributed by atoms with Gasteiger partial charge in [0.25, 0.3) is 11.8 Å². The van der Waals surface area contributed by atoms with Crippen molar-refractivity contribution >= 4 is 23.8 Å². The van der Waals surface area contributed by atoms with Crippen LogP contribution in [0, 0.1) is 0 Å². The highest BCUT2D eigenvalue weighted by Crippen LogP contribution is 2.26. The summed E-state index contributed by atoms with van der Waals surface area (Å²) in [6, 6.07) is 8.64. The number of ether oxygens (including phenoxy) is 2. The first kappa shape index (κ1) is 25.5. The lowest BCUT2D eigenvalue weighted by Gasteiger charge is -2.35. The van der Waals surface area contributed by atoms with Gasteiger partial charge >= 0.3 is 6.09 Å². The van der Waals surface area contributed by atoms with Crippen molar-refractivity contribution in [2.75, 3.05) is 40.3 Å². The molecule has 34 heavy (non-hydrogen) atoms. The van der Waals surface area contributed by atoms with E-state index in [1.807, 2.05) is 30.3 Å². The van der Waals surface area contributed by atoms with Gasteiger partial charge in [0, 0.05) is 46.7 Å². The molecule has 2 aliphatic rings. The number of rotatable bonds is 6. The molecule has 0 saturated carbocycles. The fourth-order valence-electron chi connectivity index (χ4n) is 3.73. The quantitative estimate of drug-likeness (QED) is 0.606. The molecular formula is C24H34N4O6. The third kappa shape index (κ3) is 6.69. The molecule has 10 heteroatoms. The van der Waals surface area contributed by atoms with E-state index < -0.39 is 35.9 Å². The lowest BCUT2D eigenvalue weighted by Crippen LogP contribution is -2.53. The van der Waals surface area contributed by atoms with Crippen molar-refractivity contribution in [1.29, 1.82) is 0 Å². The molecule has 1 aromatic rings. The van der Waals surface area contributed by atoms with Crippen LogP contribution in [0.15, 0.2) is 30.3 Å². The average Bonchev–Trinajstić information content (AvgIpc) is 3.58. The molecule has 0 aromatic heterocycles. The fourth-order valence-corrected chi connectivity index (χ4v) is 3.73. The van der Waals surface area contributed by atoms with E-state index in [4.69, 9.17) is 9.47 Å². The number of nitrogens with one attached hydrogen (secondary N) is 1. The second-order valence-electron chi connectivity index (χ2n) is 9.75. The molecule has 186 valence electrons. The second-order valence-corrected chi connectivity index (χ2v) is 9.75. The molecular weight excluding hydrogens is 440 g/mol. The zero-order valence-corrected chi connectivity index (χ0v) is 20.4. The van der Waals surface area contributed by atoms with Crippen molar-refractivity contribution in [2.45, 2.75) is 51.0 Å². The van der Waals surface area contributed by atoms with Crippen LogP contribution in [0.1, 0.15) is 26.3 Å². The highest BCUT2D eigenvalue weighted by atomic mass is 16.6. The molecule has 2 saturated heterocycles. The van der Waals surface area contributed by atoms with E-state index in [-0.39, 0.29) is 11.8 Å². The van der Waals surface area contributed by atoms with Crippen LogP contribution in [-0.2, 0) is 30.3 Å². The summed E-state index contributed by atoms with van der Waals surface area (Å²) in [5.41, 5.74) is 0.328. The maximum Gasteiger partial charge on any atom is 0.410 e. The standard InChI is InChI=1S/C24H34N4O6/c1-24(2,3)34-23(32)28-13-11-27(12-14-28)22(31)19-18(33-19)20(29)25-17(21(30)26(4)5)15-16-9-7-6-8-10-16/h6-10,17-19H,11-15H2,1-5H3,(H,25,29)/t17-,18?,19?/m0/s1. The molecule has 0 bridgehead atoms. The van der Waals surface area contributed by atoms with Crippen molar-refractivity contribution in [1.82, 2.24) is 20.0 Å². The largest absolute Gasteiger partial charge is 0.444 e. The molecule has 0 radical (unpaired) electrons. The Kier molecular flexibility index (Phi) is 7.81. The van der Waals surface area contributed by atoms with Gasteiger partial charge in [-0.05, 0) is 26.3 Å². The molecule has 10 nitrogen and oxygen atoms in total. The van der Waals surface area contributed by atoms with Crippen LogP contribution >= 0.6 is 0 Å². The minimum Gasteiger partial charge on any atom is -0.444 e. The molecule has 1 aromatic carbocycles. The highest BCUT2D eigenvalue weighted by molar-refractivity contribution is 5.97. The van der Waals surface area contributed by atoms with Gasteiger partial charge < -0.3 is 29.5 Å². The maximum atomic E-state index is 12.8. The van der Waals surface area contributed by atoms with Gasteiger partial charge in [0.1, 0.15) is 11.6 Å². The first-order valence-corrected chi connectivity index (χ1v) is 11.4. The van der Waals surface area contributed by atoms with Crippen LogP contribution in [0.2, 0.25) is 0 Å². The number of carbonyl (C=O) groups is 4. The predicted octanol–water partition coefficient (Wildman–Crippen LogP) is 0.649. The SMILES string of the molecule is CN(C)C(=O)[C@H](Cc1ccccc1)NC(=O)C1OC1C(=O)N1CCN(C(=O)OC(C)(C)C)CC1. The molecule has 3 atom stereocenters. The molecule has 0 aliphatic carbocycles. The zero-order valence-electron chi connectivity index (χ0n) is 20.4. The van der Waals surface area contributed by atoms with Crippen LogP contribution in [0.3, 0.4) is 0 Å². The Morgan fingerprint density at radius 2 is 1.62 bits per heavy atom. The van der Waals surface area contributed by atoms with Crippen molar-refractivity contribution in [3.8, 4) is 0 Å². The minimum atomic E-state index is -0.926. The topological polar surface area (TPSA) is 112 Å². The summed E-state index contributed by atoms with van der Waals surface area (Å²) < 4.78 is 10.8. The second kappa shape index (κ2) is 10.4. The Labute approximate surface area is 200 Å². The number of benzene rings is 1. The number of piperazine rings is 1.